The van der Waals surface area contributed by atoms with Gasteiger partial charge in [0.2, 0.25) is 0 Å². The van der Waals surface area contributed by atoms with E-state index in [4.69, 9.17) is 4.74 Å². The molecule has 1 aromatic rings. The Bertz CT molecular complexity index is 748. The SMILES string of the molecule is CCC(Br)CCCCCOc1cccc2c1C(=O)N(C1CCCCC1=O)C2=O. The third kappa shape index (κ3) is 4.48. The number of nitrogens with zero attached hydrogens (tertiary/aromatic N) is 1. The van der Waals surface area contributed by atoms with Crippen LogP contribution in [0.1, 0.15) is 85.4 Å². The molecule has 1 aromatic carbocycles. The number of imide groups is 1. The molecule has 2 unspecified atom stereocenters. The first-order valence-corrected chi connectivity index (χ1v) is 11.3. The zero-order valence-electron chi connectivity index (χ0n) is 16.4. The van der Waals surface area contributed by atoms with Crippen LogP contribution in [-0.4, -0.2) is 40.0 Å². The van der Waals surface area contributed by atoms with E-state index in [1.54, 1.807) is 18.2 Å². The Morgan fingerprint density at radius 3 is 2.71 bits per heavy atom. The molecule has 2 atom stereocenters. The summed E-state index contributed by atoms with van der Waals surface area (Å²) in [5.41, 5.74) is 0.670. The fourth-order valence-corrected chi connectivity index (χ4v) is 4.27. The molecule has 6 heteroatoms. The number of benzene rings is 1. The van der Waals surface area contributed by atoms with Crippen LogP contribution in [0.3, 0.4) is 0 Å². The van der Waals surface area contributed by atoms with Crippen LogP contribution >= 0.6 is 15.9 Å². The molecule has 152 valence electrons. The molecular weight excluding hydrogens is 422 g/mol. The van der Waals surface area contributed by atoms with Gasteiger partial charge in [-0.3, -0.25) is 19.3 Å². The van der Waals surface area contributed by atoms with Crippen LogP contribution in [0, 0.1) is 0 Å². The largest absolute Gasteiger partial charge is 0.493 e. The lowest BCUT2D eigenvalue weighted by atomic mass is 9.93. The first-order chi connectivity index (χ1) is 13.5. The summed E-state index contributed by atoms with van der Waals surface area (Å²) >= 11 is 3.64. The number of hydrogen-bond donors (Lipinski definition) is 0. The van der Waals surface area contributed by atoms with E-state index in [9.17, 15) is 14.4 Å². The fraction of sp³-hybridized carbons (Fsp3) is 0.591. The van der Waals surface area contributed by atoms with E-state index in [-0.39, 0.29) is 17.6 Å². The molecule has 2 amide bonds. The zero-order chi connectivity index (χ0) is 20.1. The van der Waals surface area contributed by atoms with Crippen LogP contribution in [0.5, 0.6) is 5.75 Å². The van der Waals surface area contributed by atoms with Gasteiger partial charge in [0.15, 0.2) is 5.78 Å². The van der Waals surface area contributed by atoms with Crippen molar-refractivity contribution in [2.45, 2.75) is 75.6 Å². The van der Waals surface area contributed by atoms with Crippen molar-refractivity contribution < 1.29 is 19.1 Å². The summed E-state index contributed by atoms with van der Waals surface area (Å²) in [6, 6.07) is 4.51. The van der Waals surface area contributed by atoms with Crippen LogP contribution in [-0.2, 0) is 4.79 Å². The summed E-state index contributed by atoms with van der Waals surface area (Å²) in [5, 5.41) is 0. The van der Waals surface area contributed by atoms with Crippen molar-refractivity contribution in [3.05, 3.63) is 29.3 Å². The molecule has 0 saturated heterocycles. The predicted molar refractivity (Wildman–Crippen MR) is 111 cm³/mol. The molecule has 1 aliphatic heterocycles. The van der Waals surface area contributed by atoms with Gasteiger partial charge in [0.1, 0.15) is 5.75 Å². The molecule has 0 spiro atoms. The summed E-state index contributed by atoms with van der Waals surface area (Å²) in [5.74, 6) is -0.316. The van der Waals surface area contributed by atoms with E-state index in [1.165, 1.54) is 4.90 Å². The van der Waals surface area contributed by atoms with Gasteiger partial charge in [-0.15, -0.1) is 0 Å². The highest BCUT2D eigenvalue weighted by molar-refractivity contribution is 9.09. The Balaban J connectivity index is 1.63. The molecule has 1 fully saturated rings. The van der Waals surface area contributed by atoms with E-state index < -0.39 is 6.04 Å². The van der Waals surface area contributed by atoms with E-state index in [2.05, 4.69) is 22.9 Å². The van der Waals surface area contributed by atoms with Gasteiger partial charge in [0.25, 0.3) is 11.8 Å². The van der Waals surface area contributed by atoms with Gasteiger partial charge in [-0.2, -0.15) is 0 Å². The number of carbonyl (C=O) groups is 3. The van der Waals surface area contributed by atoms with Crippen molar-refractivity contribution in [2.75, 3.05) is 6.61 Å². The molecule has 3 rings (SSSR count). The lowest BCUT2D eigenvalue weighted by Gasteiger charge is -2.28. The van der Waals surface area contributed by atoms with E-state index in [0.717, 1.165) is 44.9 Å². The number of halogens is 1. The van der Waals surface area contributed by atoms with Crippen molar-refractivity contribution in [3.63, 3.8) is 0 Å². The van der Waals surface area contributed by atoms with Gasteiger partial charge in [-0.1, -0.05) is 48.2 Å². The number of carbonyl (C=O) groups excluding carboxylic acids is 3. The summed E-state index contributed by atoms with van der Waals surface area (Å²) in [4.78, 5) is 39.8. The Morgan fingerprint density at radius 1 is 1.14 bits per heavy atom. The Labute approximate surface area is 174 Å². The second kappa shape index (κ2) is 9.68. The third-order valence-electron chi connectivity index (χ3n) is 5.60. The van der Waals surface area contributed by atoms with Gasteiger partial charge >= 0.3 is 0 Å². The van der Waals surface area contributed by atoms with E-state index >= 15 is 0 Å². The molecule has 1 aliphatic carbocycles. The molecule has 1 saturated carbocycles. The molecule has 0 N–H and O–H groups in total. The van der Waals surface area contributed by atoms with Crippen molar-refractivity contribution >= 4 is 33.5 Å². The second-order valence-electron chi connectivity index (χ2n) is 7.59. The summed E-state index contributed by atoms with van der Waals surface area (Å²) in [7, 11) is 0. The smallest absolute Gasteiger partial charge is 0.266 e. The Kier molecular flexibility index (Phi) is 7.27. The van der Waals surface area contributed by atoms with Crippen molar-refractivity contribution in [2.24, 2.45) is 0 Å². The highest BCUT2D eigenvalue weighted by Gasteiger charge is 2.44. The van der Waals surface area contributed by atoms with Crippen molar-refractivity contribution in [3.8, 4) is 5.75 Å². The number of unbranched alkanes of at least 4 members (excludes halogenated alkanes) is 2. The maximum atomic E-state index is 13.0. The van der Waals surface area contributed by atoms with Crippen LogP contribution in [0.4, 0.5) is 0 Å². The minimum atomic E-state index is -0.621. The molecule has 0 radical (unpaired) electrons. The van der Waals surface area contributed by atoms with E-state index in [0.29, 0.717) is 41.2 Å². The van der Waals surface area contributed by atoms with Gasteiger partial charge in [-0.05, 0) is 44.2 Å². The quantitative estimate of drug-likeness (QED) is 0.305. The number of ether oxygens (including phenoxy) is 1. The molecule has 5 nitrogen and oxygen atoms in total. The van der Waals surface area contributed by atoms with Gasteiger partial charge in [0.05, 0.1) is 23.8 Å². The molecule has 0 aromatic heterocycles. The Hall–Kier alpha value is -1.69. The number of fused-ring (bicyclic) bond motifs is 1. The minimum absolute atomic E-state index is 0.0135. The number of amides is 2. The minimum Gasteiger partial charge on any atom is -0.493 e. The van der Waals surface area contributed by atoms with Crippen LogP contribution in [0.2, 0.25) is 0 Å². The van der Waals surface area contributed by atoms with Gasteiger partial charge in [0, 0.05) is 11.2 Å². The van der Waals surface area contributed by atoms with Crippen LogP contribution in [0.25, 0.3) is 0 Å². The van der Waals surface area contributed by atoms with E-state index in [1.807, 2.05) is 0 Å². The standard InChI is InChI=1S/C22H28BrNO4/c1-2-15(23)9-4-3-7-14-28-19-13-8-10-16-20(19)22(27)24(21(16)26)17-11-5-6-12-18(17)25/h8,10,13,15,17H,2-7,9,11-12,14H2,1H3. The number of Topliss-reactive ketones (excluding diaryl/α,β-unsaturated/α-hetero) is 1. The lowest BCUT2D eigenvalue weighted by molar-refractivity contribution is -0.124. The van der Waals surface area contributed by atoms with Crippen molar-refractivity contribution in [1.29, 1.82) is 0 Å². The molecule has 1 heterocycles. The second-order valence-corrected chi connectivity index (χ2v) is 8.89. The zero-order valence-corrected chi connectivity index (χ0v) is 18.0. The number of alkyl halides is 1. The van der Waals surface area contributed by atoms with Crippen LogP contribution < -0.4 is 4.74 Å². The summed E-state index contributed by atoms with van der Waals surface area (Å²) in [6.07, 6.45) is 8.07. The average Bonchev–Trinajstić information content (AvgIpc) is 2.96. The molecular formula is C22H28BrNO4. The maximum Gasteiger partial charge on any atom is 0.266 e. The third-order valence-corrected chi connectivity index (χ3v) is 6.71. The highest BCUT2D eigenvalue weighted by Crippen LogP contribution is 2.34. The summed E-state index contributed by atoms with van der Waals surface area (Å²) in [6.45, 7) is 2.68. The maximum absolute atomic E-state index is 13.0. The molecule has 2 aliphatic rings. The predicted octanol–water partition coefficient (Wildman–Crippen LogP) is 4.91. The van der Waals surface area contributed by atoms with Gasteiger partial charge < -0.3 is 4.74 Å². The van der Waals surface area contributed by atoms with Crippen LogP contribution in [0.15, 0.2) is 18.2 Å². The monoisotopic (exact) mass is 449 g/mol. The van der Waals surface area contributed by atoms with Gasteiger partial charge in [-0.25, -0.2) is 0 Å². The number of ketones is 1. The Morgan fingerprint density at radius 2 is 1.96 bits per heavy atom. The number of hydrogen-bond acceptors (Lipinski definition) is 4. The first kappa shape index (κ1) is 21.0. The van der Waals surface area contributed by atoms with Crippen molar-refractivity contribution in [1.82, 2.24) is 4.90 Å². The lowest BCUT2D eigenvalue weighted by Crippen LogP contribution is -2.46. The fourth-order valence-electron chi connectivity index (χ4n) is 3.94. The average molecular weight is 450 g/mol. The first-order valence-electron chi connectivity index (χ1n) is 10.3. The topological polar surface area (TPSA) is 63.7 Å². The number of rotatable bonds is 9. The highest BCUT2D eigenvalue weighted by atomic mass is 79.9. The normalized spacial score (nSPS) is 20.4. The summed E-state index contributed by atoms with van der Waals surface area (Å²) < 4.78 is 5.87. The molecule has 0 bridgehead atoms. The molecule has 28 heavy (non-hydrogen) atoms.